The van der Waals surface area contributed by atoms with Gasteiger partial charge in [-0.15, -0.1) is 22.9 Å². The van der Waals surface area contributed by atoms with Crippen LogP contribution in [0.3, 0.4) is 0 Å². The molecule has 2 rings (SSSR count). The van der Waals surface area contributed by atoms with Gasteiger partial charge in [0.25, 0.3) is 0 Å². The van der Waals surface area contributed by atoms with Gasteiger partial charge in [0, 0.05) is 16.0 Å². The predicted molar refractivity (Wildman–Crippen MR) is 59.0 cm³/mol. The molecule has 0 bridgehead atoms. The van der Waals surface area contributed by atoms with E-state index in [0.717, 1.165) is 10.3 Å². The molecule has 0 nitrogen and oxygen atoms in total. The summed E-state index contributed by atoms with van der Waals surface area (Å²) in [4.78, 5) is 0. The van der Waals surface area contributed by atoms with Crippen LogP contribution in [0.5, 0.6) is 0 Å². The quantitative estimate of drug-likeness (QED) is 0.672. The summed E-state index contributed by atoms with van der Waals surface area (Å²) in [7, 11) is 0. The fourth-order valence-corrected chi connectivity index (χ4v) is 2.88. The summed E-state index contributed by atoms with van der Waals surface area (Å²) < 4.78 is 15.0. The van der Waals surface area contributed by atoms with E-state index in [4.69, 9.17) is 11.6 Å². The minimum atomic E-state index is -0.214. The molecule has 0 unspecified atom stereocenters. The molecule has 0 fully saturated rings. The molecule has 0 spiro atoms. The molecule has 68 valence electrons. The Morgan fingerprint density at radius 1 is 1.54 bits per heavy atom. The largest absolute Gasteiger partial charge is 0.205 e. The monoisotopic (exact) mass is 278 g/mol. The number of rotatable bonds is 1. The number of halogens is 3. The lowest BCUT2D eigenvalue weighted by Gasteiger charge is -2.02. The van der Waals surface area contributed by atoms with Gasteiger partial charge in [0.1, 0.15) is 5.82 Å². The van der Waals surface area contributed by atoms with Crippen molar-refractivity contribution >= 4 is 49.0 Å². The van der Waals surface area contributed by atoms with Crippen LogP contribution in [-0.4, -0.2) is 0 Å². The summed E-state index contributed by atoms with van der Waals surface area (Å²) in [5.41, 5.74) is 0.800. The third kappa shape index (κ3) is 1.49. The molecule has 0 amide bonds. The average molecular weight is 280 g/mol. The summed E-state index contributed by atoms with van der Waals surface area (Å²) >= 11 is 10.4. The smallest absolute Gasteiger partial charge is 0.146 e. The molecular weight excluding hydrogens is 275 g/mol. The number of benzene rings is 1. The molecule has 0 N–H and O–H groups in total. The Morgan fingerprint density at radius 3 is 3.00 bits per heavy atom. The highest BCUT2D eigenvalue weighted by Gasteiger charge is 2.10. The second-order valence-corrected chi connectivity index (χ2v) is 4.64. The number of alkyl halides is 1. The molecule has 1 heterocycles. The maximum absolute atomic E-state index is 13.6. The lowest BCUT2D eigenvalue weighted by Crippen LogP contribution is -1.85. The Kier molecular flexibility index (Phi) is 2.58. The number of hydrogen-bond acceptors (Lipinski definition) is 1. The molecule has 1 aromatic carbocycles. The standard InChI is InChI=1S/C9H5BrClFS/c10-8-5(4-11)3-7-6(9(8)12)1-2-13-7/h1-3H,4H2. The summed E-state index contributed by atoms with van der Waals surface area (Å²) in [6, 6.07) is 3.69. The zero-order valence-corrected chi connectivity index (χ0v) is 9.64. The van der Waals surface area contributed by atoms with Gasteiger partial charge in [0.15, 0.2) is 0 Å². The van der Waals surface area contributed by atoms with E-state index in [2.05, 4.69) is 15.9 Å². The van der Waals surface area contributed by atoms with E-state index in [1.165, 1.54) is 11.3 Å². The first-order valence-corrected chi connectivity index (χ1v) is 5.85. The summed E-state index contributed by atoms with van der Waals surface area (Å²) in [5, 5.41) is 2.53. The Morgan fingerprint density at radius 2 is 2.31 bits per heavy atom. The van der Waals surface area contributed by atoms with Gasteiger partial charge < -0.3 is 0 Å². The van der Waals surface area contributed by atoms with E-state index >= 15 is 0 Å². The molecule has 0 aliphatic rings. The Bertz CT molecular complexity index is 452. The van der Waals surface area contributed by atoms with Crippen molar-refractivity contribution in [3.63, 3.8) is 0 Å². The number of thiophene rings is 1. The average Bonchev–Trinajstić information content (AvgIpc) is 2.59. The van der Waals surface area contributed by atoms with Crippen molar-refractivity contribution in [3.8, 4) is 0 Å². The van der Waals surface area contributed by atoms with Crippen molar-refractivity contribution in [1.82, 2.24) is 0 Å². The molecule has 0 saturated heterocycles. The Balaban J connectivity index is 2.83. The first kappa shape index (κ1) is 9.44. The summed E-state index contributed by atoms with van der Waals surface area (Å²) in [5.74, 6) is 0.111. The molecule has 2 aromatic rings. The van der Waals surface area contributed by atoms with E-state index in [0.29, 0.717) is 15.7 Å². The highest BCUT2D eigenvalue weighted by atomic mass is 79.9. The van der Waals surface area contributed by atoms with Gasteiger partial charge in [-0.2, -0.15) is 0 Å². The van der Waals surface area contributed by atoms with Gasteiger partial charge in [-0.3, -0.25) is 0 Å². The van der Waals surface area contributed by atoms with E-state index in [1.54, 1.807) is 6.07 Å². The third-order valence-electron chi connectivity index (χ3n) is 1.86. The highest BCUT2D eigenvalue weighted by Crippen LogP contribution is 2.32. The van der Waals surface area contributed by atoms with Crippen LogP contribution in [0.15, 0.2) is 22.0 Å². The summed E-state index contributed by atoms with van der Waals surface area (Å²) in [6.45, 7) is 0. The molecule has 1 aromatic heterocycles. The van der Waals surface area contributed by atoms with Gasteiger partial charge in [0.05, 0.1) is 4.47 Å². The van der Waals surface area contributed by atoms with E-state index in [1.807, 2.05) is 11.4 Å². The second kappa shape index (κ2) is 3.56. The van der Waals surface area contributed by atoms with Crippen LogP contribution in [0.1, 0.15) is 5.56 Å². The van der Waals surface area contributed by atoms with Crippen LogP contribution < -0.4 is 0 Å². The zero-order chi connectivity index (χ0) is 9.42. The van der Waals surface area contributed by atoms with Crippen LogP contribution in [0, 0.1) is 5.82 Å². The van der Waals surface area contributed by atoms with Crippen LogP contribution >= 0.6 is 38.9 Å². The minimum Gasteiger partial charge on any atom is -0.205 e. The number of hydrogen-bond donors (Lipinski definition) is 0. The Labute approximate surface area is 92.5 Å². The molecule has 0 aliphatic heterocycles. The fraction of sp³-hybridized carbons (Fsp3) is 0.111. The van der Waals surface area contributed by atoms with Crippen LogP contribution in [0.4, 0.5) is 4.39 Å². The SMILES string of the molecule is Fc1c(Br)c(CCl)cc2sccc12. The Hall–Kier alpha value is -0.120. The van der Waals surface area contributed by atoms with Gasteiger partial charge >= 0.3 is 0 Å². The lowest BCUT2D eigenvalue weighted by atomic mass is 10.2. The van der Waals surface area contributed by atoms with Crippen LogP contribution in [0.25, 0.3) is 10.1 Å². The van der Waals surface area contributed by atoms with Crippen molar-refractivity contribution < 1.29 is 4.39 Å². The molecule has 13 heavy (non-hydrogen) atoms. The van der Waals surface area contributed by atoms with E-state index < -0.39 is 0 Å². The normalized spacial score (nSPS) is 11.0. The first-order chi connectivity index (χ1) is 6.24. The molecule has 4 heteroatoms. The van der Waals surface area contributed by atoms with Gasteiger partial charge in [-0.05, 0) is 39.0 Å². The van der Waals surface area contributed by atoms with Gasteiger partial charge in [-0.25, -0.2) is 4.39 Å². The fourth-order valence-electron chi connectivity index (χ4n) is 1.19. The third-order valence-corrected chi connectivity index (χ3v) is 3.86. The van der Waals surface area contributed by atoms with Crippen LogP contribution in [-0.2, 0) is 5.88 Å². The highest BCUT2D eigenvalue weighted by molar-refractivity contribution is 9.10. The van der Waals surface area contributed by atoms with Gasteiger partial charge in [0.2, 0.25) is 0 Å². The molecule has 0 radical (unpaired) electrons. The van der Waals surface area contributed by atoms with E-state index in [9.17, 15) is 4.39 Å². The summed E-state index contributed by atoms with van der Waals surface area (Å²) in [6.07, 6.45) is 0. The van der Waals surface area contributed by atoms with Crippen molar-refractivity contribution in [3.05, 3.63) is 33.4 Å². The molecule has 0 saturated carbocycles. The first-order valence-electron chi connectivity index (χ1n) is 3.64. The van der Waals surface area contributed by atoms with Crippen LogP contribution in [0.2, 0.25) is 0 Å². The second-order valence-electron chi connectivity index (χ2n) is 2.63. The topological polar surface area (TPSA) is 0 Å². The molecular formula is C9H5BrClFS. The maximum Gasteiger partial charge on any atom is 0.146 e. The molecule has 0 atom stereocenters. The van der Waals surface area contributed by atoms with Crippen molar-refractivity contribution in [2.75, 3.05) is 0 Å². The van der Waals surface area contributed by atoms with Crippen molar-refractivity contribution in [1.29, 1.82) is 0 Å². The van der Waals surface area contributed by atoms with Crippen molar-refractivity contribution in [2.24, 2.45) is 0 Å². The van der Waals surface area contributed by atoms with Gasteiger partial charge in [-0.1, -0.05) is 0 Å². The molecule has 0 aliphatic carbocycles. The predicted octanol–water partition coefficient (Wildman–Crippen LogP) is 4.54. The zero-order valence-electron chi connectivity index (χ0n) is 6.48. The van der Waals surface area contributed by atoms with E-state index in [-0.39, 0.29) is 5.82 Å². The minimum absolute atomic E-state index is 0.214. The number of fused-ring (bicyclic) bond motifs is 1. The van der Waals surface area contributed by atoms with Crippen molar-refractivity contribution in [2.45, 2.75) is 5.88 Å². The lowest BCUT2D eigenvalue weighted by molar-refractivity contribution is 0.632. The maximum atomic E-state index is 13.6.